The predicted octanol–water partition coefficient (Wildman–Crippen LogP) is -0.411. The molecule has 1 fully saturated rings. The van der Waals surface area contributed by atoms with Crippen LogP contribution in [0.2, 0.25) is 0 Å². The standard InChI is InChI=1S/C12H15N3O4/c1-19-10-8(3-2-4-14-10)11(16)15-6-5-13-7-9(15)12(17)18/h2-4,9,13H,5-7H2,1H3,(H,17,18). The summed E-state index contributed by atoms with van der Waals surface area (Å²) in [6.07, 6.45) is 1.52. The van der Waals surface area contributed by atoms with Crippen LogP contribution < -0.4 is 10.1 Å². The van der Waals surface area contributed by atoms with Crippen LogP contribution in [0.1, 0.15) is 10.4 Å². The van der Waals surface area contributed by atoms with Crippen molar-refractivity contribution >= 4 is 11.9 Å². The fourth-order valence-corrected chi connectivity index (χ4v) is 2.04. The van der Waals surface area contributed by atoms with Gasteiger partial charge in [-0.2, -0.15) is 0 Å². The molecule has 2 rings (SSSR count). The number of aliphatic carboxylic acids is 1. The van der Waals surface area contributed by atoms with Gasteiger partial charge in [0.15, 0.2) is 0 Å². The van der Waals surface area contributed by atoms with E-state index in [0.29, 0.717) is 13.1 Å². The van der Waals surface area contributed by atoms with Crippen molar-refractivity contribution in [1.29, 1.82) is 0 Å². The van der Waals surface area contributed by atoms with Crippen molar-refractivity contribution in [1.82, 2.24) is 15.2 Å². The lowest BCUT2D eigenvalue weighted by atomic mass is 10.1. The van der Waals surface area contributed by atoms with Crippen molar-refractivity contribution in [3.63, 3.8) is 0 Å². The largest absolute Gasteiger partial charge is 0.480 e. The number of aromatic nitrogens is 1. The molecule has 1 saturated heterocycles. The summed E-state index contributed by atoms with van der Waals surface area (Å²) in [7, 11) is 1.42. The molecule has 0 saturated carbocycles. The number of methoxy groups -OCH3 is 1. The Morgan fingerprint density at radius 3 is 3.05 bits per heavy atom. The van der Waals surface area contributed by atoms with Gasteiger partial charge in [0.05, 0.1) is 7.11 Å². The topological polar surface area (TPSA) is 91.8 Å². The lowest BCUT2D eigenvalue weighted by molar-refractivity contribution is -0.142. The Morgan fingerprint density at radius 2 is 2.37 bits per heavy atom. The van der Waals surface area contributed by atoms with Crippen LogP contribution in [-0.4, -0.2) is 59.7 Å². The molecule has 1 unspecified atom stereocenters. The van der Waals surface area contributed by atoms with E-state index in [-0.39, 0.29) is 23.9 Å². The van der Waals surface area contributed by atoms with Gasteiger partial charge in [-0.15, -0.1) is 0 Å². The summed E-state index contributed by atoms with van der Waals surface area (Å²) < 4.78 is 5.03. The van der Waals surface area contributed by atoms with Gasteiger partial charge in [0.2, 0.25) is 5.88 Å². The zero-order valence-corrected chi connectivity index (χ0v) is 10.5. The summed E-state index contributed by atoms with van der Waals surface area (Å²) in [4.78, 5) is 28.9. The van der Waals surface area contributed by atoms with Crippen LogP contribution in [-0.2, 0) is 4.79 Å². The Labute approximate surface area is 110 Å². The summed E-state index contributed by atoms with van der Waals surface area (Å²) in [5.74, 6) is -1.20. The zero-order chi connectivity index (χ0) is 13.8. The van der Waals surface area contributed by atoms with E-state index in [1.807, 2.05) is 0 Å². The maximum absolute atomic E-state index is 12.4. The lowest BCUT2D eigenvalue weighted by Gasteiger charge is -2.33. The van der Waals surface area contributed by atoms with Crippen LogP contribution in [0.15, 0.2) is 18.3 Å². The number of carboxylic acids is 1. The van der Waals surface area contributed by atoms with E-state index >= 15 is 0 Å². The molecule has 2 N–H and O–H groups in total. The maximum atomic E-state index is 12.4. The predicted molar refractivity (Wildman–Crippen MR) is 66.1 cm³/mol. The second-order valence-corrected chi connectivity index (χ2v) is 4.12. The number of pyridine rings is 1. The zero-order valence-electron chi connectivity index (χ0n) is 10.5. The first-order valence-corrected chi connectivity index (χ1v) is 5.88. The molecule has 0 radical (unpaired) electrons. The summed E-state index contributed by atoms with van der Waals surface area (Å²) in [5, 5.41) is 12.1. The monoisotopic (exact) mass is 265 g/mol. The van der Waals surface area contributed by atoms with E-state index in [9.17, 15) is 9.59 Å². The molecule has 1 amide bonds. The third-order valence-electron chi connectivity index (χ3n) is 2.98. The van der Waals surface area contributed by atoms with E-state index in [0.717, 1.165) is 0 Å². The third-order valence-corrected chi connectivity index (χ3v) is 2.98. The molecule has 1 aromatic rings. The maximum Gasteiger partial charge on any atom is 0.327 e. The number of hydrogen-bond donors (Lipinski definition) is 2. The second kappa shape index (κ2) is 5.66. The van der Waals surface area contributed by atoms with Crippen molar-refractivity contribution in [3.05, 3.63) is 23.9 Å². The number of carboxylic acid groups (broad SMARTS) is 1. The van der Waals surface area contributed by atoms with Crippen LogP contribution in [0.4, 0.5) is 0 Å². The molecule has 1 atom stereocenters. The van der Waals surface area contributed by atoms with Crippen LogP contribution >= 0.6 is 0 Å². The first-order valence-electron chi connectivity index (χ1n) is 5.88. The SMILES string of the molecule is COc1ncccc1C(=O)N1CCNCC1C(=O)O. The summed E-state index contributed by atoms with van der Waals surface area (Å²) in [5.41, 5.74) is 0.276. The number of carbonyl (C=O) groups excluding carboxylic acids is 1. The highest BCUT2D eigenvalue weighted by Crippen LogP contribution is 2.18. The molecule has 0 aromatic carbocycles. The first kappa shape index (κ1) is 13.3. The Balaban J connectivity index is 2.29. The minimum Gasteiger partial charge on any atom is -0.480 e. The molecule has 1 aliphatic heterocycles. The van der Waals surface area contributed by atoms with E-state index in [1.54, 1.807) is 12.1 Å². The van der Waals surface area contributed by atoms with Crippen molar-refractivity contribution in [2.45, 2.75) is 6.04 Å². The van der Waals surface area contributed by atoms with Crippen molar-refractivity contribution in [2.24, 2.45) is 0 Å². The second-order valence-electron chi connectivity index (χ2n) is 4.12. The highest BCUT2D eigenvalue weighted by atomic mass is 16.5. The quantitative estimate of drug-likeness (QED) is 0.772. The van der Waals surface area contributed by atoms with E-state index in [2.05, 4.69) is 10.3 Å². The average molecular weight is 265 g/mol. The fraction of sp³-hybridized carbons (Fsp3) is 0.417. The molecule has 0 spiro atoms. The van der Waals surface area contributed by atoms with Crippen LogP contribution in [0, 0.1) is 0 Å². The van der Waals surface area contributed by atoms with Gasteiger partial charge in [-0.3, -0.25) is 4.79 Å². The van der Waals surface area contributed by atoms with Crippen LogP contribution in [0.3, 0.4) is 0 Å². The van der Waals surface area contributed by atoms with Gasteiger partial charge in [0.1, 0.15) is 11.6 Å². The van der Waals surface area contributed by atoms with E-state index in [1.165, 1.54) is 18.2 Å². The van der Waals surface area contributed by atoms with Gasteiger partial charge in [-0.25, -0.2) is 9.78 Å². The van der Waals surface area contributed by atoms with Gasteiger partial charge in [0.25, 0.3) is 5.91 Å². The minimum atomic E-state index is -1.02. The minimum absolute atomic E-state index is 0.204. The van der Waals surface area contributed by atoms with Gasteiger partial charge < -0.3 is 20.1 Å². The third kappa shape index (κ3) is 2.65. The number of nitrogens with one attached hydrogen (secondary N) is 1. The van der Waals surface area contributed by atoms with Crippen LogP contribution in [0.5, 0.6) is 5.88 Å². The van der Waals surface area contributed by atoms with Crippen molar-refractivity contribution < 1.29 is 19.4 Å². The van der Waals surface area contributed by atoms with E-state index < -0.39 is 12.0 Å². The average Bonchev–Trinajstić information content (AvgIpc) is 2.46. The smallest absolute Gasteiger partial charge is 0.327 e. The molecule has 0 aliphatic carbocycles. The molecule has 7 nitrogen and oxygen atoms in total. The van der Waals surface area contributed by atoms with E-state index in [4.69, 9.17) is 9.84 Å². The number of nitrogens with zero attached hydrogens (tertiary/aromatic N) is 2. The fourth-order valence-electron chi connectivity index (χ4n) is 2.04. The number of carbonyl (C=O) groups is 2. The molecule has 102 valence electrons. The van der Waals surface area contributed by atoms with Gasteiger partial charge in [0, 0.05) is 25.8 Å². The van der Waals surface area contributed by atoms with Crippen LogP contribution in [0.25, 0.3) is 0 Å². The molecule has 1 aromatic heterocycles. The van der Waals surface area contributed by atoms with Gasteiger partial charge >= 0.3 is 5.97 Å². The first-order chi connectivity index (χ1) is 9.15. The molecule has 7 heteroatoms. The summed E-state index contributed by atoms with van der Waals surface area (Å²) in [6, 6.07) is 2.33. The summed E-state index contributed by atoms with van der Waals surface area (Å²) >= 11 is 0. The number of piperazine rings is 1. The molecular formula is C12H15N3O4. The Kier molecular flexibility index (Phi) is 3.96. The Bertz CT molecular complexity index is 492. The van der Waals surface area contributed by atoms with Gasteiger partial charge in [-0.1, -0.05) is 0 Å². The lowest BCUT2D eigenvalue weighted by Crippen LogP contribution is -2.57. The molecule has 1 aliphatic rings. The number of amides is 1. The highest BCUT2D eigenvalue weighted by molar-refractivity contribution is 5.98. The molecule has 19 heavy (non-hydrogen) atoms. The number of hydrogen-bond acceptors (Lipinski definition) is 5. The Morgan fingerprint density at radius 1 is 1.58 bits per heavy atom. The number of ether oxygens (including phenoxy) is 1. The summed E-state index contributed by atoms with van der Waals surface area (Å²) in [6.45, 7) is 1.15. The number of rotatable bonds is 3. The Hall–Kier alpha value is -2.15. The normalized spacial score (nSPS) is 19.0. The molecule has 2 heterocycles. The van der Waals surface area contributed by atoms with Crippen molar-refractivity contribution in [2.75, 3.05) is 26.7 Å². The van der Waals surface area contributed by atoms with Crippen molar-refractivity contribution in [3.8, 4) is 5.88 Å². The molecule has 0 bridgehead atoms. The highest BCUT2D eigenvalue weighted by Gasteiger charge is 2.33. The van der Waals surface area contributed by atoms with Gasteiger partial charge in [-0.05, 0) is 12.1 Å². The molecular weight excluding hydrogens is 250 g/mol.